The van der Waals surface area contributed by atoms with E-state index in [1.54, 1.807) is 0 Å². The van der Waals surface area contributed by atoms with Gasteiger partial charge in [0.2, 0.25) is 0 Å². The molecule has 0 N–H and O–H groups in total. The molecule has 0 unspecified atom stereocenters. The zero-order valence-electron chi connectivity index (χ0n) is 12.0. The molecule has 0 spiro atoms. The SMILES string of the molecule is C=C[CH2-].C=C[CH2-].CC1=[C-]C(C)(C)C(C)=C1C.[Nd+3]. The molecule has 0 saturated heterocycles. The van der Waals surface area contributed by atoms with Gasteiger partial charge in [-0.3, -0.25) is 6.08 Å². The van der Waals surface area contributed by atoms with Crippen molar-refractivity contribution in [1.29, 1.82) is 0 Å². The third-order valence-electron chi connectivity index (χ3n) is 2.56. The Bertz CT molecular complexity index is 285. The average Bonchev–Trinajstić information content (AvgIpc) is 2.32. The molecule has 0 aromatic rings. The normalized spacial score (nSPS) is 15.2. The molecule has 0 saturated carbocycles. The number of hydrogen-bond donors (Lipinski definition) is 0. The predicted octanol–water partition coefficient (Wildman–Crippen LogP) is 5.13. The van der Waals surface area contributed by atoms with Crippen molar-refractivity contribution in [3.05, 3.63) is 62.0 Å². The van der Waals surface area contributed by atoms with Crippen molar-refractivity contribution < 1.29 is 40.8 Å². The van der Waals surface area contributed by atoms with Gasteiger partial charge in [0.15, 0.2) is 0 Å². The maximum atomic E-state index is 3.44. The zero-order chi connectivity index (χ0) is 13.4. The van der Waals surface area contributed by atoms with Crippen LogP contribution in [0.3, 0.4) is 0 Å². The second-order valence-electron chi connectivity index (χ2n) is 4.20. The third kappa shape index (κ3) is 8.73. The molecule has 0 aliphatic heterocycles. The van der Waals surface area contributed by atoms with E-state index in [0.29, 0.717) is 0 Å². The van der Waals surface area contributed by atoms with E-state index >= 15 is 0 Å². The summed E-state index contributed by atoms with van der Waals surface area (Å²) in [5.74, 6) is 0. The minimum Gasteiger partial charge on any atom is -0.263 e. The summed E-state index contributed by atoms with van der Waals surface area (Å²) in [6.07, 6.45) is 6.44. The quantitative estimate of drug-likeness (QED) is 0.525. The first-order valence-electron chi connectivity index (χ1n) is 5.38. The fourth-order valence-corrected chi connectivity index (χ4v) is 1.41. The molecule has 0 amide bonds. The summed E-state index contributed by atoms with van der Waals surface area (Å²) < 4.78 is 0. The molecule has 93 valence electrons. The van der Waals surface area contributed by atoms with Crippen molar-refractivity contribution in [2.24, 2.45) is 5.41 Å². The van der Waals surface area contributed by atoms with Gasteiger partial charge in [-0.1, -0.05) is 33.1 Å². The smallest absolute Gasteiger partial charge is 0.263 e. The Morgan fingerprint density at radius 1 is 1.06 bits per heavy atom. The van der Waals surface area contributed by atoms with Crippen molar-refractivity contribution in [3.63, 3.8) is 0 Å². The van der Waals surface area contributed by atoms with Crippen LogP contribution < -0.4 is 0 Å². The van der Waals surface area contributed by atoms with Gasteiger partial charge in [-0.2, -0.15) is 11.1 Å². The molecule has 0 aromatic carbocycles. The third-order valence-corrected chi connectivity index (χ3v) is 2.56. The maximum Gasteiger partial charge on any atom is 3.00 e. The van der Waals surface area contributed by atoms with Crippen LogP contribution in [0.1, 0.15) is 34.6 Å². The van der Waals surface area contributed by atoms with Gasteiger partial charge in [0.05, 0.1) is 0 Å². The van der Waals surface area contributed by atoms with Gasteiger partial charge in [0.1, 0.15) is 0 Å². The van der Waals surface area contributed by atoms with E-state index in [0.717, 1.165) is 0 Å². The minimum atomic E-state index is 0. The first kappa shape index (κ1) is 22.3. The summed E-state index contributed by atoms with van der Waals surface area (Å²) in [5, 5.41) is 0. The Kier molecular flexibility index (Phi) is 14.6. The van der Waals surface area contributed by atoms with Crippen LogP contribution in [0.4, 0.5) is 0 Å². The first-order chi connectivity index (χ1) is 7.28. The van der Waals surface area contributed by atoms with Crippen molar-refractivity contribution in [2.45, 2.75) is 34.6 Å². The second-order valence-corrected chi connectivity index (χ2v) is 4.20. The molecule has 1 aliphatic rings. The van der Waals surface area contributed by atoms with Crippen molar-refractivity contribution in [1.82, 2.24) is 0 Å². The summed E-state index contributed by atoms with van der Waals surface area (Å²) in [6, 6.07) is 0. The Hall–Kier alpha value is 0.0506. The van der Waals surface area contributed by atoms with E-state index < -0.39 is 0 Å². The molecule has 0 heterocycles. The van der Waals surface area contributed by atoms with Gasteiger partial charge in [-0.15, -0.1) is 6.92 Å². The first-order valence-corrected chi connectivity index (χ1v) is 5.38. The van der Waals surface area contributed by atoms with E-state index in [1.165, 1.54) is 28.9 Å². The van der Waals surface area contributed by atoms with Crippen LogP contribution in [-0.2, 0) is 0 Å². The molecule has 1 radical (unpaired) electrons. The fraction of sp³-hybridized carbons (Fsp3) is 0.375. The van der Waals surface area contributed by atoms with Gasteiger partial charge < -0.3 is 0 Å². The van der Waals surface area contributed by atoms with E-state index in [4.69, 9.17) is 0 Å². The second kappa shape index (κ2) is 11.2. The molecule has 0 nitrogen and oxygen atoms in total. The molecule has 0 bridgehead atoms. The van der Waals surface area contributed by atoms with E-state index in [-0.39, 0.29) is 46.3 Å². The predicted molar refractivity (Wildman–Crippen MR) is 75.7 cm³/mol. The van der Waals surface area contributed by atoms with Gasteiger partial charge >= 0.3 is 40.8 Å². The van der Waals surface area contributed by atoms with Crippen LogP contribution in [0.25, 0.3) is 0 Å². The van der Waals surface area contributed by atoms with E-state index in [9.17, 15) is 0 Å². The molecular formula is C16H25Nd. The monoisotopic (exact) mass is 359 g/mol. The van der Waals surface area contributed by atoms with Gasteiger partial charge in [-0.05, 0) is 0 Å². The van der Waals surface area contributed by atoms with Crippen molar-refractivity contribution >= 4 is 0 Å². The summed E-state index contributed by atoms with van der Waals surface area (Å²) in [6.45, 7) is 23.9. The fourth-order valence-electron chi connectivity index (χ4n) is 1.41. The van der Waals surface area contributed by atoms with Gasteiger partial charge in [0.25, 0.3) is 0 Å². The summed E-state index contributed by atoms with van der Waals surface area (Å²) >= 11 is 0. The Labute approximate surface area is 141 Å². The molecular weight excluding hydrogens is 336 g/mol. The number of hydrogen-bond acceptors (Lipinski definition) is 0. The maximum absolute atomic E-state index is 3.44. The molecule has 1 rings (SSSR count). The largest absolute Gasteiger partial charge is 3.00 e. The van der Waals surface area contributed by atoms with Gasteiger partial charge in [0, 0.05) is 0 Å². The number of rotatable bonds is 0. The summed E-state index contributed by atoms with van der Waals surface area (Å²) in [4.78, 5) is 0. The summed E-state index contributed by atoms with van der Waals surface area (Å²) in [7, 11) is 0. The zero-order valence-corrected chi connectivity index (χ0v) is 15.2. The van der Waals surface area contributed by atoms with Crippen LogP contribution >= 0.6 is 0 Å². The summed E-state index contributed by atoms with van der Waals surface area (Å²) in [5.41, 5.74) is 4.39. The molecule has 1 aliphatic carbocycles. The standard InChI is InChI=1S/C10H15.2C3H5.Nd/c1-7-6-10(4,5)9(3)8(7)2;2*1-3-2;/h1-5H3;2*3H,1-2H2;/q3*-1;+3. The molecule has 1 heteroatoms. The topological polar surface area (TPSA) is 0 Å². The van der Waals surface area contributed by atoms with Crippen LogP contribution in [-0.4, -0.2) is 0 Å². The van der Waals surface area contributed by atoms with Crippen LogP contribution in [0.2, 0.25) is 0 Å². The number of allylic oxidation sites excluding steroid dienone is 6. The molecule has 0 aromatic heterocycles. The minimum absolute atomic E-state index is 0. The van der Waals surface area contributed by atoms with Crippen molar-refractivity contribution in [3.8, 4) is 0 Å². The Morgan fingerprint density at radius 2 is 1.35 bits per heavy atom. The molecule has 17 heavy (non-hydrogen) atoms. The van der Waals surface area contributed by atoms with E-state index in [1.807, 2.05) is 0 Å². The van der Waals surface area contributed by atoms with Crippen LogP contribution in [0.15, 0.2) is 42.0 Å². The van der Waals surface area contributed by atoms with Crippen LogP contribution in [0.5, 0.6) is 0 Å². The molecule has 0 atom stereocenters. The Balaban J connectivity index is -0.000000240. The Morgan fingerprint density at radius 3 is 1.41 bits per heavy atom. The van der Waals surface area contributed by atoms with Crippen LogP contribution in [0, 0.1) is 66.2 Å². The average molecular weight is 362 g/mol. The van der Waals surface area contributed by atoms with Crippen molar-refractivity contribution in [2.75, 3.05) is 0 Å². The van der Waals surface area contributed by atoms with E-state index in [2.05, 4.69) is 67.7 Å². The van der Waals surface area contributed by atoms with Gasteiger partial charge in [-0.25, -0.2) is 44.7 Å². The molecule has 0 fully saturated rings.